The molecule has 0 aliphatic carbocycles. The van der Waals surface area contributed by atoms with Crippen LogP contribution >= 0.6 is 0 Å². The van der Waals surface area contributed by atoms with Gasteiger partial charge in [-0.15, -0.1) is 0 Å². The first kappa shape index (κ1) is 26.8. The fourth-order valence-electron chi connectivity index (χ4n) is 4.75. The summed E-state index contributed by atoms with van der Waals surface area (Å²) < 4.78 is 12.7. The molecule has 1 heterocycles. The lowest BCUT2D eigenvalue weighted by Gasteiger charge is -2.52. The molecule has 3 rings (SSSR count). The summed E-state index contributed by atoms with van der Waals surface area (Å²) in [6.07, 6.45) is -0.518. The molecule has 34 heavy (non-hydrogen) atoms. The van der Waals surface area contributed by atoms with E-state index in [0.717, 1.165) is 13.1 Å². The zero-order valence-corrected chi connectivity index (χ0v) is 23.3. The SMILES string of the molecule is CC(C)C(C)(C)[Si](C)(C)[C@@H]1OC(C)(C)O[C@@H](CN(Cc2ccccc2)Cc2ccccc2)C1=O. The van der Waals surface area contributed by atoms with Crippen LogP contribution in [0.3, 0.4) is 0 Å². The van der Waals surface area contributed by atoms with E-state index in [0.29, 0.717) is 12.5 Å². The quantitative estimate of drug-likeness (QED) is 0.385. The first-order valence-electron chi connectivity index (χ1n) is 12.5. The van der Waals surface area contributed by atoms with E-state index in [1.165, 1.54) is 11.1 Å². The summed E-state index contributed by atoms with van der Waals surface area (Å²) in [5.74, 6) is -0.232. The summed E-state index contributed by atoms with van der Waals surface area (Å²) in [6.45, 7) is 19.7. The lowest BCUT2D eigenvalue weighted by molar-refractivity contribution is -0.270. The summed E-state index contributed by atoms with van der Waals surface area (Å²) in [4.78, 5) is 16.3. The van der Waals surface area contributed by atoms with Crippen molar-refractivity contribution in [2.75, 3.05) is 6.54 Å². The van der Waals surface area contributed by atoms with E-state index in [4.69, 9.17) is 9.47 Å². The van der Waals surface area contributed by atoms with Crippen molar-refractivity contribution in [1.82, 2.24) is 4.90 Å². The van der Waals surface area contributed by atoms with Gasteiger partial charge in [0.05, 0.1) is 8.07 Å². The molecule has 0 N–H and O–H groups in total. The number of carbonyl (C=O) groups is 1. The molecule has 4 nitrogen and oxygen atoms in total. The highest BCUT2D eigenvalue weighted by molar-refractivity contribution is 6.84. The van der Waals surface area contributed by atoms with Crippen molar-refractivity contribution in [1.29, 1.82) is 0 Å². The van der Waals surface area contributed by atoms with Crippen LogP contribution in [0.1, 0.15) is 52.7 Å². The van der Waals surface area contributed by atoms with Crippen LogP contribution in [0, 0.1) is 5.92 Å². The lowest BCUT2D eigenvalue weighted by atomic mass is 9.99. The van der Waals surface area contributed by atoms with Crippen LogP contribution in [0.25, 0.3) is 0 Å². The van der Waals surface area contributed by atoms with Crippen LogP contribution in [0.15, 0.2) is 60.7 Å². The van der Waals surface area contributed by atoms with Gasteiger partial charge in [-0.05, 0) is 35.9 Å². The number of ether oxygens (including phenoxy) is 2. The second kappa shape index (κ2) is 10.4. The molecule has 0 amide bonds. The van der Waals surface area contributed by atoms with Crippen molar-refractivity contribution in [3.8, 4) is 0 Å². The van der Waals surface area contributed by atoms with Crippen molar-refractivity contribution < 1.29 is 14.3 Å². The summed E-state index contributed by atoms with van der Waals surface area (Å²) >= 11 is 0. The lowest BCUT2D eigenvalue weighted by Crippen LogP contribution is -2.66. The average Bonchev–Trinajstić information content (AvgIpc) is 2.77. The minimum atomic E-state index is -2.16. The molecule has 0 aromatic heterocycles. The number of carbonyl (C=O) groups excluding carboxylic acids is 1. The number of Topliss-reactive ketones (excluding diaryl/α,β-unsaturated/α-hetero) is 1. The van der Waals surface area contributed by atoms with E-state index < -0.39 is 25.7 Å². The second-order valence-electron chi connectivity index (χ2n) is 11.6. The van der Waals surface area contributed by atoms with Crippen molar-refractivity contribution in [2.24, 2.45) is 5.92 Å². The van der Waals surface area contributed by atoms with Gasteiger partial charge in [0.25, 0.3) is 0 Å². The maximum absolute atomic E-state index is 13.9. The van der Waals surface area contributed by atoms with Crippen molar-refractivity contribution in [2.45, 2.75) is 90.4 Å². The van der Waals surface area contributed by atoms with Crippen molar-refractivity contribution >= 4 is 13.9 Å². The number of benzene rings is 2. The Morgan fingerprint density at radius 3 is 1.82 bits per heavy atom. The highest BCUT2D eigenvalue weighted by Crippen LogP contribution is 2.48. The van der Waals surface area contributed by atoms with Gasteiger partial charge in [0.2, 0.25) is 0 Å². The third-order valence-corrected chi connectivity index (χ3v) is 13.7. The normalized spacial score (nSPS) is 21.3. The van der Waals surface area contributed by atoms with Crippen molar-refractivity contribution in [3.05, 3.63) is 71.8 Å². The first-order valence-corrected chi connectivity index (χ1v) is 15.6. The highest BCUT2D eigenvalue weighted by Gasteiger charge is 2.56. The Morgan fingerprint density at radius 1 is 0.912 bits per heavy atom. The number of hydrogen-bond acceptors (Lipinski definition) is 4. The first-order chi connectivity index (χ1) is 15.8. The molecular weight excluding hydrogens is 438 g/mol. The van der Waals surface area contributed by atoms with E-state index in [2.05, 4.69) is 94.2 Å². The second-order valence-corrected chi connectivity index (χ2v) is 16.9. The van der Waals surface area contributed by atoms with Gasteiger partial charge in [-0.3, -0.25) is 9.69 Å². The molecule has 0 spiro atoms. The van der Waals surface area contributed by atoms with Gasteiger partial charge >= 0.3 is 0 Å². The minimum Gasteiger partial charge on any atom is -0.343 e. The molecule has 0 bridgehead atoms. The molecule has 1 fully saturated rings. The third kappa shape index (κ3) is 6.06. The highest BCUT2D eigenvalue weighted by atomic mass is 28.3. The molecule has 2 aromatic carbocycles. The van der Waals surface area contributed by atoms with Crippen LogP contribution < -0.4 is 0 Å². The number of hydrogen-bond donors (Lipinski definition) is 0. The molecule has 1 aliphatic heterocycles. The Hall–Kier alpha value is -1.79. The molecular formula is C29H43NO3Si. The Balaban J connectivity index is 1.88. The van der Waals surface area contributed by atoms with Gasteiger partial charge in [0.1, 0.15) is 11.8 Å². The van der Waals surface area contributed by atoms with Gasteiger partial charge in [0, 0.05) is 19.6 Å². The van der Waals surface area contributed by atoms with Crippen LogP contribution in [0.5, 0.6) is 0 Å². The average molecular weight is 482 g/mol. The van der Waals surface area contributed by atoms with E-state index in [1.54, 1.807) is 0 Å². The summed E-state index contributed by atoms with van der Waals surface area (Å²) in [5, 5.41) is 0.0407. The smallest absolute Gasteiger partial charge is 0.188 e. The molecule has 5 heteroatoms. The summed E-state index contributed by atoms with van der Waals surface area (Å²) in [7, 11) is -2.16. The predicted molar refractivity (Wildman–Crippen MR) is 142 cm³/mol. The zero-order valence-electron chi connectivity index (χ0n) is 22.3. The number of ketones is 1. The fourth-order valence-corrected chi connectivity index (χ4v) is 8.39. The topological polar surface area (TPSA) is 38.8 Å². The molecule has 0 radical (unpaired) electrons. The van der Waals surface area contributed by atoms with E-state index in [9.17, 15) is 4.79 Å². The maximum Gasteiger partial charge on any atom is 0.188 e. The van der Waals surface area contributed by atoms with Crippen LogP contribution in [0.4, 0.5) is 0 Å². The van der Waals surface area contributed by atoms with Crippen LogP contribution in [-0.2, 0) is 27.4 Å². The number of nitrogens with zero attached hydrogens (tertiary/aromatic N) is 1. The molecule has 0 saturated carbocycles. The number of rotatable bonds is 9. The zero-order chi connectivity index (χ0) is 25.1. The van der Waals surface area contributed by atoms with E-state index in [-0.39, 0.29) is 10.8 Å². The van der Waals surface area contributed by atoms with Gasteiger partial charge in [0.15, 0.2) is 11.6 Å². The van der Waals surface area contributed by atoms with Crippen LogP contribution in [-0.4, -0.2) is 42.9 Å². The molecule has 186 valence electrons. The molecule has 1 aliphatic rings. The Morgan fingerprint density at radius 2 is 1.38 bits per heavy atom. The largest absolute Gasteiger partial charge is 0.343 e. The maximum atomic E-state index is 13.9. The van der Waals surface area contributed by atoms with Gasteiger partial charge in [-0.1, -0.05) is 101 Å². The van der Waals surface area contributed by atoms with Crippen LogP contribution in [0.2, 0.25) is 18.1 Å². The Bertz CT molecular complexity index is 899. The monoisotopic (exact) mass is 481 g/mol. The Kier molecular flexibility index (Phi) is 8.24. The van der Waals surface area contributed by atoms with Crippen molar-refractivity contribution in [3.63, 3.8) is 0 Å². The minimum absolute atomic E-state index is 0.0407. The van der Waals surface area contributed by atoms with Gasteiger partial charge in [-0.2, -0.15) is 0 Å². The van der Waals surface area contributed by atoms with E-state index in [1.807, 2.05) is 26.0 Å². The third-order valence-electron chi connectivity index (χ3n) is 8.09. The van der Waals surface area contributed by atoms with Gasteiger partial charge in [-0.25, -0.2) is 0 Å². The van der Waals surface area contributed by atoms with Gasteiger partial charge < -0.3 is 9.47 Å². The fraction of sp³-hybridized carbons (Fsp3) is 0.552. The predicted octanol–water partition coefficient (Wildman–Crippen LogP) is 6.46. The molecule has 1 saturated heterocycles. The standard InChI is InChI=1S/C29H43NO3Si/c1-22(2)28(3,4)34(7,8)27-26(31)25(32-29(5,6)33-27)21-30(19-23-15-11-9-12-16-23)20-24-17-13-10-14-18-24/h9-18,22,25,27H,19-21H2,1-8H3/t25-,27-/m0/s1. The van der Waals surface area contributed by atoms with E-state index >= 15 is 0 Å². The molecule has 2 atom stereocenters. The molecule has 0 unspecified atom stereocenters. The molecule has 2 aromatic rings. The summed E-state index contributed by atoms with van der Waals surface area (Å²) in [6, 6.07) is 20.9. The summed E-state index contributed by atoms with van der Waals surface area (Å²) in [5.41, 5.74) is 2.06. The Labute approximate surface area is 207 Å².